The largest absolute Gasteiger partial charge is 0.181 e. The molecule has 4 nitrogen and oxygen atoms in total. The van der Waals surface area contributed by atoms with E-state index in [1.165, 1.54) is 64.2 Å². The lowest BCUT2D eigenvalue weighted by Crippen LogP contribution is -2.55. The molecule has 0 bridgehead atoms. The van der Waals surface area contributed by atoms with Crippen LogP contribution in [0.3, 0.4) is 0 Å². The number of aromatic nitrogens is 4. The lowest BCUT2D eigenvalue weighted by Gasteiger charge is -2.58. The van der Waals surface area contributed by atoms with Crippen molar-refractivity contribution in [3.05, 3.63) is 5.82 Å². The molecule has 0 aromatic carbocycles. The molecule has 0 spiro atoms. The summed E-state index contributed by atoms with van der Waals surface area (Å²) in [6.45, 7) is 4.76. The van der Waals surface area contributed by atoms with Crippen LogP contribution in [0.25, 0.3) is 0 Å². The Hall–Kier alpha value is -0.930. The molecule has 1 heterocycles. The third kappa shape index (κ3) is 2.53. The van der Waals surface area contributed by atoms with E-state index in [0.29, 0.717) is 5.92 Å². The summed E-state index contributed by atoms with van der Waals surface area (Å²) < 4.78 is 0. The zero-order valence-electron chi connectivity index (χ0n) is 14.8. The highest BCUT2D eigenvalue weighted by Gasteiger charge is 2.58. The number of aromatic amines is 1. The SMILES string of the molecule is CC(C)CC1(c2nn[nH]n2)C2CCCCC2CC2CCCCC21. The summed E-state index contributed by atoms with van der Waals surface area (Å²) in [4.78, 5) is 0. The Kier molecular flexibility index (Phi) is 4.19. The zero-order valence-corrected chi connectivity index (χ0v) is 14.8. The van der Waals surface area contributed by atoms with Gasteiger partial charge in [-0.15, -0.1) is 10.2 Å². The second-order valence-electron chi connectivity index (χ2n) is 8.91. The van der Waals surface area contributed by atoms with E-state index in [4.69, 9.17) is 0 Å². The van der Waals surface area contributed by atoms with Gasteiger partial charge in [0.1, 0.15) is 0 Å². The summed E-state index contributed by atoms with van der Waals surface area (Å²) in [5.41, 5.74) is 0.190. The smallest absolute Gasteiger partial charge is 0.177 e. The molecule has 3 aliphatic carbocycles. The lowest BCUT2D eigenvalue weighted by atomic mass is 9.45. The molecular weight excluding hydrogens is 284 g/mol. The topological polar surface area (TPSA) is 54.5 Å². The highest BCUT2D eigenvalue weighted by Crippen LogP contribution is 2.61. The number of H-pyrrole nitrogens is 1. The van der Waals surface area contributed by atoms with Gasteiger partial charge in [0.15, 0.2) is 5.82 Å². The normalized spacial score (nSPS) is 40.7. The fourth-order valence-electron chi connectivity index (χ4n) is 6.76. The molecule has 4 atom stereocenters. The standard InChI is InChI=1S/C19H32N4/c1-13(2)12-19(18-20-22-23-21-18)16-9-5-3-7-14(16)11-15-8-4-6-10-17(15)19/h13-17H,3-12H2,1-2H3,(H,20,21,22,23). The van der Waals surface area contributed by atoms with Gasteiger partial charge < -0.3 is 0 Å². The maximum Gasteiger partial charge on any atom is 0.181 e. The minimum Gasteiger partial charge on any atom is -0.177 e. The van der Waals surface area contributed by atoms with Crippen LogP contribution in [0.5, 0.6) is 0 Å². The number of nitrogens with one attached hydrogen (secondary N) is 1. The first-order valence-corrected chi connectivity index (χ1v) is 9.95. The zero-order chi connectivity index (χ0) is 15.9. The van der Waals surface area contributed by atoms with Crippen LogP contribution in [-0.2, 0) is 5.41 Å². The van der Waals surface area contributed by atoms with Gasteiger partial charge in [0.2, 0.25) is 0 Å². The summed E-state index contributed by atoms with van der Waals surface area (Å²) in [6.07, 6.45) is 14.0. The fraction of sp³-hybridized carbons (Fsp3) is 0.947. The van der Waals surface area contributed by atoms with Crippen molar-refractivity contribution in [2.75, 3.05) is 0 Å². The molecule has 3 fully saturated rings. The molecule has 0 saturated heterocycles. The molecule has 0 aliphatic heterocycles. The first-order chi connectivity index (χ1) is 11.2. The number of tetrazole rings is 1. The Labute approximate surface area is 140 Å². The first-order valence-electron chi connectivity index (χ1n) is 9.95. The van der Waals surface area contributed by atoms with Crippen molar-refractivity contribution in [1.82, 2.24) is 20.6 Å². The predicted molar refractivity (Wildman–Crippen MR) is 90.8 cm³/mol. The number of hydrogen-bond acceptors (Lipinski definition) is 3. The Morgan fingerprint density at radius 1 is 1.00 bits per heavy atom. The van der Waals surface area contributed by atoms with E-state index in [0.717, 1.165) is 29.5 Å². The maximum atomic E-state index is 4.60. The summed E-state index contributed by atoms with van der Waals surface area (Å²) in [7, 11) is 0. The minimum absolute atomic E-state index is 0.190. The van der Waals surface area contributed by atoms with Crippen LogP contribution in [0.2, 0.25) is 0 Å². The fourth-order valence-corrected chi connectivity index (χ4v) is 6.76. The third-order valence-corrected chi connectivity index (χ3v) is 7.25. The molecule has 0 amide bonds. The van der Waals surface area contributed by atoms with Crippen LogP contribution in [0.1, 0.15) is 83.9 Å². The molecule has 3 saturated carbocycles. The van der Waals surface area contributed by atoms with Crippen molar-refractivity contribution in [3.63, 3.8) is 0 Å². The van der Waals surface area contributed by atoms with Crippen molar-refractivity contribution >= 4 is 0 Å². The van der Waals surface area contributed by atoms with Gasteiger partial charge in [0.25, 0.3) is 0 Å². The molecule has 3 aliphatic rings. The van der Waals surface area contributed by atoms with Gasteiger partial charge in [-0.1, -0.05) is 57.6 Å². The van der Waals surface area contributed by atoms with Gasteiger partial charge >= 0.3 is 0 Å². The van der Waals surface area contributed by atoms with E-state index in [2.05, 4.69) is 34.5 Å². The highest BCUT2D eigenvalue weighted by atomic mass is 15.5. The van der Waals surface area contributed by atoms with Crippen molar-refractivity contribution in [3.8, 4) is 0 Å². The van der Waals surface area contributed by atoms with E-state index in [-0.39, 0.29) is 5.41 Å². The Morgan fingerprint density at radius 3 is 2.13 bits per heavy atom. The number of hydrogen-bond donors (Lipinski definition) is 1. The molecule has 4 rings (SSSR count). The molecule has 128 valence electrons. The van der Waals surface area contributed by atoms with Gasteiger partial charge in [-0.3, -0.25) is 0 Å². The highest BCUT2D eigenvalue weighted by molar-refractivity contribution is 5.18. The van der Waals surface area contributed by atoms with Crippen LogP contribution < -0.4 is 0 Å². The summed E-state index contributed by atoms with van der Waals surface area (Å²) in [5, 5.41) is 16.0. The molecule has 0 radical (unpaired) electrons. The van der Waals surface area contributed by atoms with Gasteiger partial charge in [-0.25, -0.2) is 0 Å². The van der Waals surface area contributed by atoms with E-state index in [9.17, 15) is 0 Å². The molecular formula is C19H32N4. The molecule has 4 heteroatoms. The van der Waals surface area contributed by atoms with E-state index >= 15 is 0 Å². The Balaban J connectivity index is 1.82. The van der Waals surface area contributed by atoms with Gasteiger partial charge in [0, 0.05) is 5.41 Å². The van der Waals surface area contributed by atoms with Crippen molar-refractivity contribution in [2.45, 2.75) is 83.5 Å². The summed E-state index contributed by atoms with van der Waals surface area (Å²) >= 11 is 0. The van der Waals surface area contributed by atoms with Crippen LogP contribution in [0.4, 0.5) is 0 Å². The summed E-state index contributed by atoms with van der Waals surface area (Å²) in [5.74, 6) is 5.13. The third-order valence-electron chi connectivity index (χ3n) is 7.25. The average Bonchev–Trinajstić information content (AvgIpc) is 3.09. The predicted octanol–water partition coefficient (Wildman–Crippen LogP) is 4.50. The van der Waals surface area contributed by atoms with E-state index in [1.807, 2.05) is 0 Å². The Morgan fingerprint density at radius 2 is 1.61 bits per heavy atom. The summed E-state index contributed by atoms with van der Waals surface area (Å²) in [6, 6.07) is 0. The monoisotopic (exact) mass is 316 g/mol. The van der Waals surface area contributed by atoms with Crippen LogP contribution in [0.15, 0.2) is 0 Å². The van der Waals surface area contributed by atoms with Crippen LogP contribution in [0, 0.1) is 29.6 Å². The molecule has 1 aromatic heterocycles. The number of rotatable bonds is 3. The maximum absolute atomic E-state index is 4.60. The first kappa shape index (κ1) is 15.6. The molecule has 23 heavy (non-hydrogen) atoms. The number of fused-ring (bicyclic) bond motifs is 2. The van der Waals surface area contributed by atoms with Crippen molar-refractivity contribution < 1.29 is 0 Å². The van der Waals surface area contributed by atoms with E-state index < -0.39 is 0 Å². The van der Waals surface area contributed by atoms with Crippen molar-refractivity contribution in [1.29, 1.82) is 0 Å². The average molecular weight is 316 g/mol. The van der Waals surface area contributed by atoms with E-state index in [1.54, 1.807) is 0 Å². The minimum atomic E-state index is 0.190. The molecule has 1 N–H and O–H groups in total. The lowest BCUT2D eigenvalue weighted by molar-refractivity contribution is -0.0536. The van der Waals surface area contributed by atoms with Crippen LogP contribution >= 0.6 is 0 Å². The second kappa shape index (κ2) is 6.18. The van der Waals surface area contributed by atoms with Crippen molar-refractivity contribution in [2.24, 2.45) is 29.6 Å². The number of nitrogens with zero attached hydrogens (tertiary/aromatic N) is 3. The van der Waals surface area contributed by atoms with Gasteiger partial charge in [0.05, 0.1) is 0 Å². The second-order valence-corrected chi connectivity index (χ2v) is 8.91. The molecule has 1 aromatic rings. The van der Waals surface area contributed by atoms with Crippen LogP contribution in [-0.4, -0.2) is 20.6 Å². The van der Waals surface area contributed by atoms with Gasteiger partial charge in [-0.05, 0) is 55.3 Å². The quantitative estimate of drug-likeness (QED) is 0.893. The molecule has 4 unspecified atom stereocenters. The Bertz CT molecular complexity index is 487. The van der Waals surface area contributed by atoms with Gasteiger partial charge in [-0.2, -0.15) is 5.21 Å².